The second-order valence-electron chi connectivity index (χ2n) is 2.99. The number of carbonyl (C=O) groups is 2. The van der Waals surface area contributed by atoms with Gasteiger partial charge in [0.15, 0.2) is 11.8 Å². The van der Waals surface area contributed by atoms with E-state index in [2.05, 4.69) is 9.97 Å². The molecule has 6 heteroatoms. The molecular formula is C9H11N3O3. The lowest BCUT2D eigenvalue weighted by Crippen LogP contribution is -2.30. The fourth-order valence-electron chi connectivity index (χ4n) is 0.777. The van der Waals surface area contributed by atoms with Crippen molar-refractivity contribution in [2.75, 3.05) is 0 Å². The average molecular weight is 209 g/mol. The standard InChI is InChI=1S/C9H11N3O3/c1-5-3-12-7(4-11-5)9(14)15-6(2)8(10)13/h3-4,6H,1-2H3,(H2,10,13)/t6-/m0/s1. The normalized spacial score (nSPS) is 11.9. The monoisotopic (exact) mass is 209 g/mol. The molecule has 0 aliphatic carbocycles. The predicted molar refractivity (Wildman–Crippen MR) is 50.8 cm³/mol. The second-order valence-corrected chi connectivity index (χ2v) is 2.99. The van der Waals surface area contributed by atoms with Crippen LogP contribution < -0.4 is 5.73 Å². The maximum absolute atomic E-state index is 11.3. The molecule has 0 saturated carbocycles. The summed E-state index contributed by atoms with van der Waals surface area (Å²) in [4.78, 5) is 29.6. The van der Waals surface area contributed by atoms with Crippen molar-refractivity contribution in [3.05, 3.63) is 23.8 Å². The van der Waals surface area contributed by atoms with Crippen LogP contribution in [0, 0.1) is 6.92 Å². The van der Waals surface area contributed by atoms with Crippen LogP contribution in [-0.2, 0) is 9.53 Å². The Morgan fingerprint density at radius 1 is 1.40 bits per heavy atom. The van der Waals surface area contributed by atoms with Crippen LogP contribution in [0.2, 0.25) is 0 Å². The molecule has 0 aliphatic heterocycles. The SMILES string of the molecule is Cc1cnc(C(=O)O[C@@H](C)C(N)=O)cn1. The van der Waals surface area contributed by atoms with Crippen molar-refractivity contribution >= 4 is 11.9 Å². The highest BCUT2D eigenvalue weighted by Gasteiger charge is 2.17. The van der Waals surface area contributed by atoms with Crippen molar-refractivity contribution in [3.8, 4) is 0 Å². The van der Waals surface area contributed by atoms with Gasteiger partial charge in [-0.1, -0.05) is 0 Å². The van der Waals surface area contributed by atoms with Crippen LogP contribution in [0.1, 0.15) is 23.1 Å². The number of esters is 1. The molecule has 1 amide bonds. The van der Waals surface area contributed by atoms with Gasteiger partial charge in [-0.2, -0.15) is 0 Å². The minimum absolute atomic E-state index is 0.0497. The van der Waals surface area contributed by atoms with Crippen molar-refractivity contribution in [2.45, 2.75) is 20.0 Å². The fraction of sp³-hybridized carbons (Fsp3) is 0.333. The Labute approximate surface area is 86.5 Å². The summed E-state index contributed by atoms with van der Waals surface area (Å²) < 4.78 is 4.72. The summed E-state index contributed by atoms with van der Waals surface area (Å²) in [5, 5.41) is 0. The zero-order valence-electron chi connectivity index (χ0n) is 8.43. The third kappa shape index (κ3) is 3.01. The first-order valence-corrected chi connectivity index (χ1v) is 4.29. The molecular weight excluding hydrogens is 198 g/mol. The van der Waals surface area contributed by atoms with E-state index in [4.69, 9.17) is 10.5 Å². The molecule has 1 rings (SSSR count). The fourth-order valence-corrected chi connectivity index (χ4v) is 0.777. The number of carbonyl (C=O) groups excluding carboxylic acids is 2. The summed E-state index contributed by atoms with van der Waals surface area (Å²) >= 11 is 0. The van der Waals surface area contributed by atoms with Gasteiger partial charge in [-0.25, -0.2) is 9.78 Å². The third-order valence-electron chi connectivity index (χ3n) is 1.67. The number of ether oxygens (including phenoxy) is 1. The maximum Gasteiger partial charge on any atom is 0.359 e. The first kappa shape index (κ1) is 11.1. The maximum atomic E-state index is 11.3. The highest BCUT2D eigenvalue weighted by molar-refractivity contribution is 5.89. The van der Waals surface area contributed by atoms with E-state index in [0.29, 0.717) is 5.69 Å². The zero-order valence-corrected chi connectivity index (χ0v) is 8.43. The van der Waals surface area contributed by atoms with Crippen LogP contribution in [0.25, 0.3) is 0 Å². The summed E-state index contributed by atoms with van der Waals surface area (Å²) in [5.41, 5.74) is 5.67. The van der Waals surface area contributed by atoms with Gasteiger partial charge in [0.05, 0.1) is 11.9 Å². The largest absolute Gasteiger partial charge is 0.448 e. The van der Waals surface area contributed by atoms with E-state index in [0.717, 1.165) is 0 Å². The highest BCUT2D eigenvalue weighted by Crippen LogP contribution is 2.00. The molecule has 1 heterocycles. The van der Waals surface area contributed by atoms with Gasteiger partial charge in [-0.05, 0) is 13.8 Å². The minimum Gasteiger partial charge on any atom is -0.448 e. The van der Waals surface area contributed by atoms with Gasteiger partial charge in [0.2, 0.25) is 0 Å². The van der Waals surface area contributed by atoms with Gasteiger partial charge in [-0.3, -0.25) is 9.78 Å². The topological polar surface area (TPSA) is 95.2 Å². The number of aromatic nitrogens is 2. The molecule has 1 atom stereocenters. The number of primary amides is 1. The van der Waals surface area contributed by atoms with E-state index in [9.17, 15) is 9.59 Å². The van der Waals surface area contributed by atoms with Crippen molar-refractivity contribution in [1.29, 1.82) is 0 Å². The molecule has 1 aromatic heterocycles. The van der Waals surface area contributed by atoms with Gasteiger partial charge in [0.1, 0.15) is 0 Å². The summed E-state index contributed by atoms with van der Waals surface area (Å²) in [6, 6.07) is 0. The smallest absolute Gasteiger partial charge is 0.359 e. The van der Waals surface area contributed by atoms with Gasteiger partial charge >= 0.3 is 5.97 Å². The number of hydrogen-bond donors (Lipinski definition) is 1. The Morgan fingerprint density at radius 3 is 2.53 bits per heavy atom. The summed E-state index contributed by atoms with van der Waals surface area (Å²) in [6.07, 6.45) is 1.75. The molecule has 0 fully saturated rings. The molecule has 0 aromatic carbocycles. The van der Waals surface area contributed by atoms with Crippen LogP contribution >= 0.6 is 0 Å². The quantitative estimate of drug-likeness (QED) is 0.696. The molecule has 0 bridgehead atoms. The Bertz CT molecular complexity index is 375. The number of rotatable bonds is 3. The Hall–Kier alpha value is -1.98. The van der Waals surface area contributed by atoms with Crippen LogP contribution in [0.4, 0.5) is 0 Å². The Balaban J connectivity index is 2.69. The molecule has 0 radical (unpaired) electrons. The molecule has 15 heavy (non-hydrogen) atoms. The first-order valence-electron chi connectivity index (χ1n) is 4.29. The number of nitrogens with zero attached hydrogens (tertiary/aromatic N) is 2. The molecule has 2 N–H and O–H groups in total. The second kappa shape index (κ2) is 4.50. The number of nitrogens with two attached hydrogens (primary N) is 1. The van der Waals surface area contributed by atoms with Gasteiger partial charge in [0.25, 0.3) is 5.91 Å². The van der Waals surface area contributed by atoms with Gasteiger partial charge in [0, 0.05) is 6.20 Å². The molecule has 0 aliphatic rings. The summed E-state index contributed by atoms with van der Waals surface area (Å²) in [6.45, 7) is 3.13. The van der Waals surface area contributed by atoms with E-state index < -0.39 is 18.0 Å². The van der Waals surface area contributed by atoms with Crippen LogP contribution in [0.3, 0.4) is 0 Å². The third-order valence-corrected chi connectivity index (χ3v) is 1.67. The van der Waals surface area contributed by atoms with Crippen LogP contribution in [0.15, 0.2) is 12.4 Å². The molecule has 0 spiro atoms. The van der Waals surface area contributed by atoms with E-state index in [-0.39, 0.29) is 5.69 Å². The van der Waals surface area contributed by atoms with Gasteiger partial charge in [-0.15, -0.1) is 0 Å². The molecule has 6 nitrogen and oxygen atoms in total. The van der Waals surface area contributed by atoms with E-state index in [1.54, 1.807) is 6.92 Å². The molecule has 1 aromatic rings. The average Bonchev–Trinajstić information content (AvgIpc) is 2.18. The lowest BCUT2D eigenvalue weighted by atomic mass is 10.4. The molecule has 80 valence electrons. The minimum atomic E-state index is -0.972. The van der Waals surface area contributed by atoms with Crippen molar-refractivity contribution in [3.63, 3.8) is 0 Å². The lowest BCUT2D eigenvalue weighted by molar-refractivity contribution is -0.125. The summed E-state index contributed by atoms with van der Waals surface area (Å²) in [7, 11) is 0. The lowest BCUT2D eigenvalue weighted by Gasteiger charge is -2.08. The summed E-state index contributed by atoms with van der Waals surface area (Å²) in [5.74, 6) is -1.42. The predicted octanol–water partition coefficient (Wildman–Crippen LogP) is -0.184. The van der Waals surface area contributed by atoms with Crippen molar-refractivity contribution < 1.29 is 14.3 Å². The van der Waals surface area contributed by atoms with Crippen molar-refractivity contribution in [1.82, 2.24) is 9.97 Å². The van der Waals surface area contributed by atoms with Crippen LogP contribution in [-0.4, -0.2) is 27.9 Å². The number of hydrogen-bond acceptors (Lipinski definition) is 5. The van der Waals surface area contributed by atoms with Gasteiger partial charge < -0.3 is 10.5 Å². The van der Waals surface area contributed by atoms with Crippen LogP contribution in [0.5, 0.6) is 0 Å². The van der Waals surface area contributed by atoms with E-state index in [1.165, 1.54) is 19.3 Å². The van der Waals surface area contributed by atoms with E-state index in [1.807, 2.05) is 0 Å². The zero-order chi connectivity index (χ0) is 11.4. The highest BCUT2D eigenvalue weighted by atomic mass is 16.5. The number of amides is 1. The Kier molecular flexibility index (Phi) is 3.33. The number of aryl methyl sites for hydroxylation is 1. The molecule has 0 saturated heterocycles. The van der Waals surface area contributed by atoms with Crippen molar-refractivity contribution in [2.24, 2.45) is 5.73 Å². The Morgan fingerprint density at radius 2 is 2.07 bits per heavy atom. The molecule has 0 unspecified atom stereocenters. The van der Waals surface area contributed by atoms with E-state index >= 15 is 0 Å². The first-order chi connectivity index (χ1) is 7.00.